The molecule has 3 rings (SSSR count). The Morgan fingerprint density at radius 3 is 3.05 bits per heavy atom. The molecule has 0 amide bonds. The van der Waals surface area contributed by atoms with E-state index >= 15 is 0 Å². The number of benzene rings is 1. The summed E-state index contributed by atoms with van der Waals surface area (Å²) in [6.07, 6.45) is 6.86. The molecular formula is C17H21N3. The van der Waals surface area contributed by atoms with Gasteiger partial charge in [-0.15, -0.1) is 0 Å². The van der Waals surface area contributed by atoms with Crippen LogP contribution < -0.4 is 0 Å². The van der Waals surface area contributed by atoms with E-state index in [0.29, 0.717) is 6.04 Å². The lowest BCUT2D eigenvalue weighted by Crippen LogP contribution is -2.41. The van der Waals surface area contributed by atoms with Gasteiger partial charge in [0.2, 0.25) is 0 Å². The van der Waals surface area contributed by atoms with Crippen LogP contribution in [0.25, 0.3) is 10.9 Å². The molecule has 20 heavy (non-hydrogen) atoms. The van der Waals surface area contributed by atoms with Gasteiger partial charge in [0, 0.05) is 35.2 Å². The lowest BCUT2D eigenvalue weighted by molar-refractivity contribution is 0.117. The standard InChI is InChI=1S/C17H21N3/c1-2-13-7-5-6-10-20(13)17(11-18)15-12-19-16-9-4-3-8-14(15)16/h3-4,8-9,12-13,17,19H,2,5-7,10H2,1H3. The second kappa shape index (κ2) is 5.68. The van der Waals surface area contributed by atoms with Crippen molar-refractivity contribution in [1.82, 2.24) is 9.88 Å². The summed E-state index contributed by atoms with van der Waals surface area (Å²) in [5.41, 5.74) is 2.25. The van der Waals surface area contributed by atoms with Gasteiger partial charge in [0.1, 0.15) is 6.04 Å². The van der Waals surface area contributed by atoms with E-state index in [0.717, 1.165) is 24.0 Å². The first-order valence-electron chi connectivity index (χ1n) is 7.56. The van der Waals surface area contributed by atoms with E-state index in [4.69, 9.17) is 0 Å². The monoisotopic (exact) mass is 267 g/mol. The second-order valence-electron chi connectivity index (χ2n) is 5.62. The molecule has 0 saturated carbocycles. The maximum Gasteiger partial charge on any atom is 0.126 e. The second-order valence-corrected chi connectivity index (χ2v) is 5.62. The van der Waals surface area contributed by atoms with Gasteiger partial charge in [0.05, 0.1) is 6.07 Å². The summed E-state index contributed by atoms with van der Waals surface area (Å²) in [5.74, 6) is 0. The third-order valence-corrected chi connectivity index (χ3v) is 4.51. The van der Waals surface area contributed by atoms with E-state index in [9.17, 15) is 5.26 Å². The number of hydrogen-bond acceptors (Lipinski definition) is 2. The molecule has 1 fully saturated rings. The minimum atomic E-state index is -0.128. The summed E-state index contributed by atoms with van der Waals surface area (Å²) in [4.78, 5) is 5.70. The minimum absolute atomic E-state index is 0.128. The van der Waals surface area contributed by atoms with Crippen molar-refractivity contribution in [2.75, 3.05) is 6.54 Å². The van der Waals surface area contributed by atoms with Crippen molar-refractivity contribution in [2.24, 2.45) is 0 Å². The molecule has 0 bridgehead atoms. The van der Waals surface area contributed by atoms with Gasteiger partial charge in [0.25, 0.3) is 0 Å². The van der Waals surface area contributed by atoms with E-state index in [1.54, 1.807) is 0 Å². The smallest absolute Gasteiger partial charge is 0.126 e. The number of piperidine rings is 1. The highest BCUT2D eigenvalue weighted by atomic mass is 15.2. The van der Waals surface area contributed by atoms with E-state index in [1.807, 2.05) is 18.3 Å². The first-order valence-corrected chi connectivity index (χ1v) is 7.56. The largest absolute Gasteiger partial charge is 0.361 e. The Morgan fingerprint density at radius 2 is 2.25 bits per heavy atom. The molecule has 2 unspecified atom stereocenters. The predicted octanol–water partition coefficient (Wildman–Crippen LogP) is 4.00. The Labute approximate surface area is 120 Å². The maximum absolute atomic E-state index is 9.72. The minimum Gasteiger partial charge on any atom is -0.361 e. The molecule has 0 radical (unpaired) electrons. The van der Waals surface area contributed by atoms with Gasteiger partial charge in [-0.3, -0.25) is 4.90 Å². The predicted molar refractivity (Wildman–Crippen MR) is 81.3 cm³/mol. The topological polar surface area (TPSA) is 42.8 Å². The van der Waals surface area contributed by atoms with Crippen molar-refractivity contribution in [3.05, 3.63) is 36.0 Å². The number of aromatic amines is 1. The SMILES string of the molecule is CCC1CCCCN1C(C#N)c1c[nH]c2ccccc12. The Hall–Kier alpha value is -1.79. The van der Waals surface area contributed by atoms with Gasteiger partial charge in [-0.25, -0.2) is 0 Å². The van der Waals surface area contributed by atoms with Crippen LogP contribution in [0.15, 0.2) is 30.5 Å². The van der Waals surface area contributed by atoms with Crippen LogP contribution in [0.3, 0.4) is 0 Å². The number of fused-ring (bicyclic) bond motifs is 1. The fraction of sp³-hybridized carbons (Fsp3) is 0.471. The molecule has 2 aromatic rings. The van der Waals surface area contributed by atoms with Crippen molar-refractivity contribution in [3.8, 4) is 6.07 Å². The molecule has 1 N–H and O–H groups in total. The van der Waals surface area contributed by atoms with Gasteiger partial charge in [-0.05, 0) is 25.3 Å². The summed E-state index contributed by atoms with van der Waals surface area (Å²) in [6.45, 7) is 3.27. The molecule has 3 heteroatoms. The summed E-state index contributed by atoms with van der Waals surface area (Å²) in [6, 6.07) is 11.2. The maximum atomic E-state index is 9.72. The normalized spacial score (nSPS) is 21.7. The summed E-state index contributed by atoms with van der Waals surface area (Å²) in [7, 11) is 0. The molecule has 2 atom stereocenters. The van der Waals surface area contributed by atoms with Gasteiger partial charge < -0.3 is 4.98 Å². The van der Waals surface area contributed by atoms with Crippen molar-refractivity contribution >= 4 is 10.9 Å². The quantitative estimate of drug-likeness (QED) is 0.913. The number of likely N-dealkylation sites (tertiary alicyclic amines) is 1. The van der Waals surface area contributed by atoms with Crippen LogP contribution in [0.5, 0.6) is 0 Å². The third kappa shape index (κ3) is 2.21. The number of rotatable bonds is 3. The van der Waals surface area contributed by atoms with Crippen LogP contribution in [0.1, 0.15) is 44.2 Å². The number of H-pyrrole nitrogens is 1. The molecule has 0 spiro atoms. The summed E-state index contributed by atoms with van der Waals surface area (Å²) < 4.78 is 0. The van der Waals surface area contributed by atoms with E-state index in [1.165, 1.54) is 24.6 Å². The van der Waals surface area contributed by atoms with Gasteiger partial charge in [0.15, 0.2) is 0 Å². The van der Waals surface area contributed by atoms with Gasteiger partial charge in [-0.1, -0.05) is 31.5 Å². The molecule has 1 aliphatic heterocycles. The van der Waals surface area contributed by atoms with Crippen LogP contribution in [-0.4, -0.2) is 22.5 Å². The zero-order valence-electron chi connectivity index (χ0n) is 12.0. The molecule has 1 aromatic carbocycles. The Balaban J connectivity index is 1.99. The highest BCUT2D eigenvalue weighted by Crippen LogP contribution is 2.33. The average molecular weight is 267 g/mol. The van der Waals surface area contributed by atoms with E-state index in [-0.39, 0.29) is 6.04 Å². The number of nitriles is 1. The third-order valence-electron chi connectivity index (χ3n) is 4.51. The Morgan fingerprint density at radius 1 is 1.40 bits per heavy atom. The molecule has 1 saturated heterocycles. The van der Waals surface area contributed by atoms with E-state index < -0.39 is 0 Å². The molecule has 0 aliphatic carbocycles. The highest BCUT2D eigenvalue weighted by Gasteiger charge is 2.30. The first kappa shape index (κ1) is 13.2. The summed E-state index contributed by atoms with van der Waals surface area (Å²) >= 11 is 0. The van der Waals surface area contributed by atoms with Crippen LogP contribution >= 0.6 is 0 Å². The molecular weight excluding hydrogens is 246 g/mol. The zero-order valence-corrected chi connectivity index (χ0v) is 12.0. The number of aromatic nitrogens is 1. The molecule has 104 valence electrons. The fourth-order valence-electron chi connectivity index (χ4n) is 3.44. The van der Waals surface area contributed by atoms with Crippen LogP contribution in [-0.2, 0) is 0 Å². The summed E-state index contributed by atoms with van der Waals surface area (Å²) in [5, 5.41) is 10.9. The van der Waals surface area contributed by atoms with Crippen molar-refractivity contribution in [2.45, 2.75) is 44.7 Å². The fourth-order valence-corrected chi connectivity index (χ4v) is 3.44. The number of nitrogens with one attached hydrogen (secondary N) is 1. The lowest BCUT2D eigenvalue weighted by atomic mass is 9.95. The molecule has 1 aliphatic rings. The van der Waals surface area contributed by atoms with Crippen LogP contribution in [0.2, 0.25) is 0 Å². The van der Waals surface area contributed by atoms with Crippen molar-refractivity contribution in [3.63, 3.8) is 0 Å². The zero-order chi connectivity index (χ0) is 13.9. The number of hydrogen-bond donors (Lipinski definition) is 1. The average Bonchev–Trinajstić information content (AvgIpc) is 2.93. The number of nitrogens with zero attached hydrogens (tertiary/aromatic N) is 2. The number of para-hydroxylation sites is 1. The van der Waals surface area contributed by atoms with E-state index in [2.05, 4.69) is 35.0 Å². The first-order chi connectivity index (χ1) is 9.85. The van der Waals surface area contributed by atoms with Crippen LogP contribution in [0, 0.1) is 11.3 Å². The van der Waals surface area contributed by atoms with Crippen molar-refractivity contribution < 1.29 is 0 Å². The molecule has 2 heterocycles. The molecule has 3 nitrogen and oxygen atoms in total. The van der Waals surface area contributed by atoms with Gasteiger partial charge in [-0.2, -0.15) is 5.26 Å². The lowest BCUT2D eigenvalue weighted by Gasteiger charge is -2.38. The Bertz CT molecular complexity index is 622. The van der Waals surface area contributed by atoms with Crippen LogP contribution in [0.4, 0.5) is 0 Å². The highest BCUT2D eigenvalue weighted by molar-refractivity contribution is 5.83. The molecule has 1 aromatic heterocycles. The van der Waals surface area contributed by atoms with Gasteiger partial charge >= 0.3 is 0 Å². The van der Waals surface area contributed by atoms with Crippen molar-refractivity contribution in [1.29, 1.82) is 5.26 Å². The Kier molecular flexibility index (Phi) is 3.75.